The predicted molar refractivity (Wildman–Crippen MR) is 44.1 cm³/mol. The highest BCUT2D eigenvalue weighted by Crippen LogP contribution is 2.31. The summed E-state index contributed by atoms with van der Waals surface area (Å²) in [4.78, 5) is 12.9. The summed E-state index contributed by atoms with van der Waals surface area (Å²) in [5.41, 5.74) is -1.47. The second-order valence-electron chi connectivity index (χ2n) is 3.30. The Kier molecular flexibility index (Phi) is 2.17. The predicted octanol–water partition coefficient (Wildman–Crippen LogP) is 1.27. The maximum absolute atomic E-state index is 12.4. The van der Waals surface area contributed by atoms with Crippen LogP contribution in [0.2, 0.25) is 0 Å². The van der Waals surface area contributed by atoms with Crippen molar-refractivity contribution < 1.29 is 18.0 Å². The van der Waals surface area contributed by atoms with Gasteiger partial charge in [-0.25, -0.2) is 0 Å². The van der Waals surface area contributed by atoms with Crippen LogP contribution in [0.3, 0.4) is 0 Å². The van der Waals surface area contributed by atoms with Gasteiger partial charge in [-0.2, -0.15) is 18.3 Å². The first-order valence-electron chi connectivity index (χ1n) is 4.40. The zero-order valence-electron chi connectivity index (χ0n) is 7.64. The van der Waals surface area contributed by atoms with Crippen LogP contribution in [0.25, 0.3) is 0 Å². The molecule has 82 valence electrons. The smallest absolute Gasteiger partial charge is 0.338 e. The highest BCUT2D eigenvalue weighted by molar-refractivity contribution is 5.95. The average Bonchev–Trinajstić information content (AvgIpc) is 2.45. The molecule has 1 amide bonds. The minimum absolute atomic E-state index is 0.401. The van der Waals surface area contributed by atoms with Crippen molar-refractivity contribution in [3.63, 3.8) is 0 Å². The number of carbonyl (C=O) groups is 1. The zero-order chi connectivity index (χ0) is 11.1. The van der Waals surface area contributed by atoms with E-state index in [0.717, 1.165) is 12.6 Å². The summed E-state index contributed by atoms with van der Waals surface area (Å²) in [5, 5.41) is 5.07. The van der Waals surface area contributed by atoms with Crippen molar-refractivity contribution in [3.05, 3.63) is 17.5 Å². The molecule has 4 nitrogen and oxygen atoms in total. The Morgan fingerprint density at radius 1 is 1.47 bits per heavy atom. The number of likely N-dealkylation sites (tertiary alicyclic amines) is 1. The maximum Gasteiger partial charge on any atom is 0.433 e. The number of rotatable bonds is 1. The molecule has 0 atom stereocenters. The van der Waals surface area contributed by atoms with E-state index < -0.39 is 23.3 Å². The molecule has 15 heavy (non-hydrogen) atoms. The lowest BCUT2D eigenvalue weighted by Crippen LogP contribution is -2.42. The number of carbonyl (C=O) groups excluding carboxylic acids is 1. The Morgan fingerprint density at radius 3 is 2.60 bits per heavy atom. The third-order valence-electron chi connectivity index (χ3n) is 2.30. The fourth-order valence-corrected chi connectivity index (χ4v) is 1.35. The molecule has 0 bridgehead atoms. The maximum atomic E-state index is 12.4. The molecule has 1 aliphatic rings. The number of hydrogen-bond donors (Lipinski definition) is 1. The highest BCUT2D eigenvalue weighted by atomic mass is 19.4. The SMILES string of the molecule is O=C(c1cn[nH]c1C(F)(F)F)N1CCC1. The molecule has 0 radical (unpaired) electrons. The molecule has 7 heteroatoms. The molecule has 1 aromatic rings. The third-order valence-corrected chi connectivity index (χ3v) is 2.30. The largest absolute Gasteiger partial charge is 0.433 e. The second-order valence-corrected chi connectivity index (χ2v) is 3.30. The standard InChI is InChI=1S/C8H8F3N3O/c9-8(10,11)6-5(4-12-13-6)7(15)14-2-1-3-14/h4H,1-3H2,(H,12,13). The molecule has 0 unspecified atom stereocenters. The number of H-pyrrole nitrogens is 1. The monoisotopic (exact) mass is 219 g/mol. The normalized spacial score (nSPS) is 16.3. The van der Waals surface area contributed by atoms with Crippen LogP contribution in [0, 0.1) is 0 Å². The van der Waals surface area contributed by atoms with Crippen molar-refractivity contribution in [1.82, 2.24) is 15.1 Å². The van der Waals surface area contributed by atoms with Gasteiger partial charge in [0.05, 0.1) is 11.8 Å². The third kappa shape index (κ3) is 1.69. The molecule has 0 aliphatic carbocycles. The van der Waals surface area contributed by atoms with E-state index in [1.165, 1.54) is 4.90 Å². The Hall–Kier alpha value is -1.53. The van der Waals surface area contributed by atoms with E-state index in [-0.39, 0.29) is 0 Å². The van der Waals surface area contributed by atoms with Crippen LogP contribution in [0.1, 0.15) is 22.5 Å². The lowest BCUT2D eigenvalue weighted by Gasteiger charge is -2.30. The lowest BCUT2D eigenvalue weighted by atomic mass is 10.1. The number of aromatic amines is 1. The Morgan fingerprint density at radius 2 is 2.13 bits per heavy atom. The number of aromatic nitrogens is 2. The fraction of sp³-hybridized carbons (Fsp3) is 0.500. The molecule has 0 spiro atoms. The van der Waals surface area contributed by atoms with Crippen LogP contribution < -0.4 is 0 Å². The van der Waals surface area contributed by atoms with Gasteiger partial charge in [0.25, 0.3) is 5.91 Å². The summed E-state index contributed by atoms with van der Waals surface area (Å²) in [6, 6.07) is 0. The molecule has 1 aromatic heterocycles. The highest BCUT2D eigenvalue weighted by Gasteiger charge is 2.39. The van der Waals surface area contributed by atoms with E-state index in [1.807, 2.05) is 5.10 Å². The summed E-state index contributed by atoms with van der Waals surface area (Å²) in [6.07, 6.45) is -2.80. The van der Waals surface area contributed by atoms with Gasteiger partial charge in [0, 0.05) is 13.1 Å². The molecule has 0 saturated carbocycles. The number of hydrogen-bond acceptors (Lipinski definition) is 2. The Bertz CT molecular complexity index is 381. The minimum atomic E-state index is -4.56. The van der Waals surface area contributed by atoms with Crippen LogP contribution in [-0.4, -0.2) is 34.1 Å². The minimum Gasteiger partial charge on any atom is -0.338 e. The van der Waals surface area contributed by atoms with E-state index in [4.69, 9.17) is 0 Å². The number of halogens is 3. The van der Waals surface area contributed by atoms with E-state index >= 15 is 0 Å². The van der Waals surface area contributed by atoms with Crippen molar-refractivity contribution >= 4 is 5.91 Å². The van der Waals surface area contributed by atoms with Crippen molar-refractivity contribution in [2.75, 3.05) is 13.1 Å². The van der Waals surface area contributed by atoms with Crippen molar-refractivity contribution in [1.29, 1.82) is 0 Å². The van der Waals surface area contributed by atoms with Crippen molar-refractivity contribution in [3.8, 4) is 0 Å². The summed E-state index contributed by atoms with van der Waals surface area (Å²) in [5.74, 6) is -0.609. The summed E-state index contributed by atoms with van der Waals surface area (Å²) in [7, 11) is 0. The summed E-state index contributed by atoms with van der Waals surface area (Å²) in [6.45, 7) is 1.03. The van der Waals surface area contributed by atoms with E-state index in [0.29, 0.717) is 13.1 Å². The Labute approximate surface area is 83.1 Å². The van der Waals surface area contributed by atoms with E-state index in [2.05, 4.69) is 5.10 Å². The summed E-state index contributed by atoms with van der Waals surface area (Å²) < 4.78 is 37.2. The second kappa shape index (κ2) is 3.25. The van der Waals surface area contributed by atoms with Gasteiger partial charge in [-0.3, -0.25) is 9.89 Å². The fourth-order valence-electron chi connectivity index (χ4n) is 1.35. The lowest BCUT2D eigenvalue weighted by molar-refractivity contribution is -0.141. The molecular formula is C8H8F3N3O. The van der Waals surface area contributed by atoms with Crippen LogP contribution >= 0.6 is 0 Å². The summed E-state index contributed by atoms with van der Waals surface area (Å²) >= 11 is 0. The molecular weight excluding hydrogens is 211 g/mol. The van der Waals surface area contributed by atoms with Crippen molar-refractivity contribution in [2.24, 2.45) is 0 Å². The topological polar surface area (TPSA) is 49.0 Å². The molecule has 1 fully saturated rings. The van der Waals surface area contributed by atoms with Gasteiger partial charge < -0.3 is 4.90 Å². The number of amides is 1. The quantitative estimate of drug-likeness (QED) is 0.773. The van der Waals surface area contributed by atoms with Gasteiger partial charge in [-0.15, -0.1) is 0 Å². The van der Waals surface area contributed by atoms with Gasteiger partial charge in [0.1, 0.15) is 0 Å². The molecule has 1 saturated heterocycles. The molecule has 2 rings (SSSR count). The molecule has 0 aromatic carbocycles. The number of nitrogens with zero attached hydrogens (tertiary/aromatic N) is 2. The van der Waals surface area contributed by atoms with Crippen molar-refractivity contribution in [2.45, 2.75) is 12.6 Å². The first-order chi connectivity index (χ1) is 7.00. The first-order valence-corrected chi connectivity index (χ1v) is 4.40. The molecule has 2 heterocycles. The molecule has 1 aliphatic heterocycles. The van der Waals surface area contributed by atoms with Crippen LogP contribution in [0.5, 0.6) is 0 Å². The first kappa shape index (κ1) is 10.0. The zero-order valence-corrected chi connectivity index (χ0v) is 7.64. The number of nitrogens with one attached hydrogen (secondary N) is 1. The van der Waals surface area contributed by atoms with Gasteiger partial charge in [-0.05, 0) is 6.42 Å². The average molecular weight is 219 g/mol. The Balaban J connectivity index is 2.28. The van der Waals surface area contributed by atoms with Crippen LogP contribution in [0.15, 0.2) is 6.20 Å². The van der Waals surface area contributed by atoms with E-state index in [9.17, 15) is 18.0 Å². The van der Waals surface area contributed by atoms with E-state index in [1.54, 1.807) is 0 Å². The molecule has 1 N–H and O–H groups in total. The van der Waals surface area contributed by atoms with Gasteiger partial charge in [-0.1, -0.05) is 0 Å². The number of alkyl halides is 3. The van der Waals surface area contributed by atoms with Gasteiger partial charge in [0.2, 0.25) is 0 Å². The van der Waals surface area contributed by atoms with Gasteiger partial charge >= 0.3 is 6.18 Å². The van der Waals surface area contributed by atoms with Crippen LogP contribution in [-0.2, 0) is 6.18 Å². The van der Waals surface area contributed by atoms with Crippen LogP contribution in [0.4, 0.5) is 13.2 Å². The van der Waals surface area contributed by atoms with Gasteiger partial charge in [0.15, 0.2) is 5.69 Å².